The van der Waals surface area contributed by atoms with Crippen LogP contribution >= 0.6 is 0 Å². The summed E-state index contributed by atoms with van der Waals surface area (Å²) in [5.74, 6) is -0.174. The minimum Gasteiger partial charge on any atom is -0.332 e. The van der Waals surface area contributed by atoms with Crippen LogP contribution in [-0.2, 0) is 14.4 Å². The number of likely N-dealkylation sites (tertiary alicyclic amines) is 1. The van der Waals surface area contributed by atoms with E-state index < -0.39 is 6.04 Å². The molecule has 1 fully saturated rings. The first-order chi connectivity index (χ1) is 10.2. The van der Waals surface area contributed by atoms with E-state index in [2.05, 4.69) is 10.3 Å². The van der Waals surface area contributed by atoms with Crippen molar-refractivity contribution < 1.29 is 14.4 Å². The van der Waals surface area contributed by atoms with Crippen molar-refractivity contribution >= 4 is 18.0 Å². The smallest absolute Gasteiger partial charge is 0.247 e. The summed E-state index contributed by atoms with van der Waals surface area (Å²) >= 11 is 0. The quantitative estimate of drug-likeness (QED) is 0.632. The topological polar surface area (TPSA) is 74.8 Å². The number of carbonyl (C=O) groups excluding carboxylic acids is 2. The molecular formula is C14H20N4O3. The van der Waals surface area contributed by atoms with E-state index >= 15 is 0 Å². The number of rotatable bonds is 5. The van der Waals surface area contributed by atoms with E-state index in [9.17, 15) is 9.59 Å². The van der Waals surface area contributed by atoms with Crippen molar-refractivity contribution in [3.63, 3.8) is 0 Å². The highest BCUT2D eigenvalue weighted by Crippen LogP contribution is 2.20. The molecular weight excluding hydrogens is 272 g/mol. The molecule has 0 aromatic carbocycles. The second-order valence-electron chi connectivity index (χ2n) is 5.00. The van der Waals surface area contributed by atoms with Gasteiger partial charge in [-0.1, -0.05) is 0 Å². The number of pyridine rings is 1. The number of likely N-dealkylation sites (N-methyl/N-ethyl adjacent to an activating group) is 1. The van der Waals surface area contributed by atoms with Gasteiger partial charge in [-0.05, 0) is 25.0 Å². The summed E-state index contributed by atoms with van der Waals surface area (Å²) in [5.41, 5.74) is 0.678. The third-order valence-corrected chi connectivity index (χ3v) is 3.78. The van der Waals surface area contributed by atoms with Crippen LogP contribution in [0.5, 0.6) is 0 Å². The van der Waals surface area contributed by atoms with Gasteiger partial charge < -0.3 is 15.1 Å². The number of anilines is 1. The Morgan fingerprint density at radius 1 is 1.48 bits per heavy atom. The molecule has 1 N–H and O–H groups in total. The van der Waals surface area contributed by atoms with Crippen molar-refractivity contribution in [1.82, 2.24) is 14.9 Å². The number of nitrogens with zero attached hydrogens (tertiary/aromatic N) is 3. The van der Waals surface area contributed by atoms with Crippen molar-refractivity contribution in [2.45, 2.75) is 24.9 Å². The number of hydroxylamine groups is 2. The Bertz CT molecular complexity index is 482. The van der Waals surface area contributed by atoms with Crippen LogP contribution in [0.1, 0.15) is 12.8 Å². The summed E-state index contributed by atoms with van der Waals surface area (Å²) in [6.45, 7) is 0.474. The summed E-state index contributed by atoms with van der Waals surface area (Å²) in [7, 11) is 3.42. The fraction of sp³-hybridized carbons (Fsp3) is 0.500. The number of amides is 2. The van der Waals surface area contributed by atoms with E-state index in [0.29, 0.717) is 18.7 Å². The lowest BCUT2D eigenvalue weighted by atomic mass is 9.98. The van der Waals surface area contributed by atoms with Gasteiger partial charge in [0.1, 0.15) is 6.04 Å². The average Bonchev–Trinajstić information content (AvgIpc) is 2.54. The van der Waals surface area contributed by atoms with Crippen LogP contribution in [0.2, 0.25) is 0 Å². The highest BCUT2D eigenvalue weighted by molar-refractivity contribution is 5.95. The first-order valence-corrected chi connectivity index (χ1v) is 6.84. The van der Waals surface area contributed by atoms with E-state index in [0.717, 1.165) is 12.8 Å². The second kappa shape index (κ2) is 7.14. The Morgan fingerprint density at radius 3 is 2.81 bits per heavy atom. The zero-order valence-corrected chi connectivity index (χ0v) is 12.2. The molecule has 114 valence electrons. The highest BCUT2D eigenvalue weighted by Gasteiger charge is 2.33. The summed E-state index contributed by atoms with van der Waals surface area (Å²) in [4.78, 5) is 34.1. The Balaban J connectivity index is 1.99. The zero-order valence-electron chi connectivity index (χ0n) is 12.2. The minimum absolute atomic E-state index is 0.102. The van der Waals surface area contributed by atoms with Gasteiger partial charge in [0.15, 0.2) is 0 Å². The van der Waals surface area contributed by atoms with Gasteiger partial charge in [0.05, 0.1) is 13.2 Å². The van der Waals surface area contributed by atoms with Gasteiger partial charge in [-0.15, -0.1) is 0 Å². The zero-order chi connectivity index (χ0) is 15.2. The fourth-order valence-corrected chi connectivity index (χ4v) is 2.48. The Labute approximate surface area is 123 Å². The van der Waals surface area contributed by atoms with Gasteiger partial charge >= 0.3 is 0 Å². The van der Waals surface area contributed by atoms with Crippen molar-refractivity contribution in [2.24, 2.45) is 0 Å². The summed E-state index contributed by atoms with van der Waals surface area (Å²) < 4.78 is 0. The first-order valence-electron chi connectivity index (χ1n) is 6.84. The fourth-order valence-electron chi connectivity index (χ4n) is 2.48. The predicted octanol–water partition coefficient (Wildman–Crippen LogP) is 0.503. The average molecular weight is 292 g/mol. The van der Waals surface area contributed by atoms with Gasteiger partial charge in [0.2, 0.25) is 12.3 Å². The standard InChI is InChI=1S/C14H20N4O3/c1-17(21-2)12-3-4-13(18(9-12)10-19)14(20)16-11-5-7-15-8-6-11/h5-8,10,12-13H,3-4,9H2,1-2H3,(H,15,16,20)/t12-,13+/m1/s1. The van der Waals surface area contributed by atoms with Crippen molar-refractivity contribution in [3.8, 4) is 0 Å². The first kappa shape index (κ1) is 15.4. The normalized spacial score (nSPS) is 22.1. The van der Waals surface area contributed by atoms with Gasteiger partial charge in [-0.3, -0.25) is 14.6 Å². The number of hydrogen-bond donors (Lipinski definition) is 1. The molecule has 7 heteroatoms. The molecule has 0 spiro atoms. The molecule has 0 radical (unpaired) electrons. The SMILES string of the molecule is CON(C)[C@@H]1CC[C@@H](C(=O)Nc2ccncc2)N(C=O)C1. The Morgan fingerprint density at radius 2 is 2.19 bits per heavy atom. The van der Waals surface area contributed by atoms with Crippen LogP contribution in [0.25, 0.3) is 0 Å². The maximum Gasteiger partial charge on any atom is 0.247 e. The summed E-state index contributed by atoms with van der Waals surface area (Å²) in [6.07, 6.45) is 5.35. The van der Waals surface area contributed by atoms with E-state index in [1.807, 2.05) is 7.05 Å². The van der Waals surface area contributed by atoms with Gasteiger partial charge in [-0.25, -0.2) is 0 Å². The second-order valence-corrected chi connectivity index (χ2v) is 5.00. The van der Waals surface area contributed by atoms with Crippen LogP contribution in [0.4, 0.5) is 5.69 Å². The summed E-state index contributed by atoms with van der Waals surface area (Å²) in [6, 6.07) is 3.09. The van der Waals surface area contributed by atoms with Gasteiger partial charge in [0, 0.05) is 31.7 Å². The van der Waals surface area contributed by atoms with Gasteiger partial charge in [0.25, 0.3) is 0 Å². The number of hydrogen-bond acceptors (Lipinski definition) is 5. The van der Waals surface area contributed by atoms with Gasteiger partial charge in [-0.2, -0.15) is 5.06 Å². The molecule has 1 saturated heterocycles. The van der Waals surface area contributed by atoms with Crippen molar-refractivity contribution in [3.05, 3.63) is 24.5 Å². The maximum absolute atomic E-state index is 12.3. The molecule has 21 heavy (non-hydrogen) atoms. The van der Waals surface area contributed by atoms with Crippen LogP contribution in [0, 0.1) is 0 Å². The number of piperidine rings is 1. The molecule has 0 saturated carbocycles. The lowest BCUT2D eigenvalue weighted by molar-refractivity contribution is -0.161. The van der Waals surface area contributed by atoms with Crippen LogP contribution in [0.15, 0.2) is 24.5 Å². The molecule has 0 aliphatic carbocycles. The number of aromatic nitrogens is 1. The third-order valence-electron chi connectivity index (χ3n) is 3.78. The van der Waals surface area contributed by atoms with Crippen molar-refractivity contribution in [1.29, 1.82) is 0 Å². The maximum atomic E-state index is 12.3. The monoisotopic (exact) mass is 292 g/mol. The molecule has 0 bridgehead atoms. The van der Waals surface area contributed by atoms with E-state index in [1.165, 1.54) is 4.90 Å². The molecule has 1 aromatic heterocycles. The number of nitrogens with one attached hydrogen (secondary N) is 1. The summed E-state index contributed by atoms with van der Waals surface area (Å²) in [5, 5.41) is 4.53. The third kappa shape index (κ3) is 3.77. The Hall–Kier alpha value is -1.99. The largest absolute Gasteiger partial charge is 0.332 e. The molecule has 1 aliphatic heterocycles. The lowest BCUT2D eigenvalue weighted by Crippen LogP contribution is -2.54. The molecule has 1 aliphatic rings. The molecule has 7 nitrogen and oxygen atoms in total. The molecule has 2 rings (SSSR count). The predicted molar refractivity (Wildman–Crippen MR) is 77.2 cm³/mol. The van der Waals surface area contributed by atoms with E-state index in [-0.39, 0.29) is 11.9 Å². The van der Waals surface area contributed by atoms with E-state index in [1.54, 1.807) is 36.7 Å². The minimum atomic E-state index is -0.447. The van der Waals surface area contributed by atoms with Crippen LogP contribution in [-0.4, -0.2) is 60.1 Å². The van der Waals surface area contributed by atoms with Crippen molar-refractivity contribution in [2.75, 3.05) is 26.0 Å². The lowest BCUT2D eigenvalue weighted by Gasteiger charge is -2.39. The molecule has 2 atom stereocenters. The highest BCUT2D eigenvalue weighted by atomic mass is 16.7. The van der Waals surface area contributed by atoms with Crippen LogP contribution < -0.4 is 5.32 Å². The number of carbonyl (C=O) groups is 2. The van der Waals surface area contributed by atoms with Crippen LogP contribution in [0.3, 0.4) is 0 Å². The Kier molecular flexibility index (Phi) is 5.24. The van der Waals surface area contributed by atoms with E-state index in [4.69, 9.17) is 4.84 Å². The molecule has 0 unspecified atom stereocenters. The molecule has 2 heterocycles. The molecule has 2 amide bonds. The molecule has 1 aromatic rings.